The van der Waals surface area contributed by atoms with Crippen molar-refractivity contribution in [3.05, 3.63) is 51.2 Å². The number of anilines is 1. The van der Waals surface area contributed by atoms with Crippen molar-refractivity contribution in [1.29, 1.82) is 0 Å². The summed E-state index contributed by atoms with van der Waals surface area (Å²) in [5, 5.41) is 5.19. The third-order valence-corrected chi connectivity index (χ3v) is 6.64. The number of aryl methyl sites for hydroxylation is 1. The molecule has 2 aliphatic rings. The summed E-state index contributed by atoms with van der Waals surface area (Å²) in [5.74, 6) is 0.316. The number of fused-ring (bicyclic) bond motifs is 1. The maximum Gasteiger partial charge on any atom is 0.337 e. The number of hydrogen-bond donors (Lipinski definition) is 2. The number of ether oxygens (including phenoxy) is 1. The summed E-state index contributed by atoms with van der Waals surface area (Å²) in [7, 11) is 1.36. The Balaban J connectivity index is 1.47. The van der Waals surface area contributed by atoms with Crippen LogP contribution in [0.2, 0.25) is 0 Å². The van der Waals surface area contributed by atoms with Gasteiger partial charge in [-0.3, -0.25) is 4.79 Å². The van der Waals surface area contributed by atoms with Crippen LogP contribution >= 0.6 is 11.3 Å². The molecule has 5 nitrogen and oxygen atoms in total. The molecule has 0 bridgehead atoms. The molecule has 2 atom stereocenters. The van der Waals surface area contributed by atoms with Gasteiger partial charge in [-0.25, -0.2) is 4.79 Å². The molecular weight excluding hydrogens is 360 g/mol. The molecule has 0 radical (unpaired) electrons. The summed E-state index contributed by atoms with van der Waals surface area (Å²) < 4.78 is 4.78. The SMILES string of the molecule is COC(=O)c1ccc(C)c(NC(=O)C[NH+]2CCc3sccc3[C@@H]2C2CC2)c1. The number of carbonyl (C=O) groups is 2. The predicted molar refractivity (Wildman–Crippen MR) is 105 cm³/mol. The van der Waals surface area contributed by atoms with Crippen molar-refractivity contribution in [1.82, 2.24) is 0 Å². The van der Waals surface area contributed by atoms with E-state index in [1.165, 1.54) is 35.3 Å². The Morgan fingerprint density at radius 1 is 1.30 bits per heavy atom. The van der Waals surface area contributed by atoms with E-state index in [2.05, 4.69) is 16.8 Å². The third kappa shape index (κ3) is 3.77. The van der Waals surface area contributed by atoms with E-state index in [1.807, 2.05) is 24.3 Å². The van der Waals surface area contributed by atoms with E-state index in [-0.39, 0.29) is 5.91 Å². The monoisotopic (exact) mass is 385 g/mol. The van der Waals surface area contributed by atoms with Crippen molar-refractivity contribution in [3.63, 3.8) is 0 Å². The Morgan fingerprint density at radius 2 is 2.11 bits per heavy atom. The van der Waals surface area contributed by atoms with Crippen molar-refractivity contribution >= 4 is 28.9 Å². The van der Waals surface area contributed by atoms with E-state index in [0.29, 0.717) is 29.8 Å². The minimum atomic E-state index is -0.397. The lowest BCUT2D eigenvalue weighted by Crippen LogP contribution is -3.14. The van der Waals surface area contributed by atoms with E-state index in [9.17, 15) is 9.59 Å². The fourth-order valence-corrected chi connectivity index (χ4v) is 5.03. The van der Waals surface area contributed by atoms with Crippen LogP contribution in [-0.2, 0) is 16.0 Å². The highest BCUT2D eigenvalue weighted by molar-refractivity contribution is 7.10. The zero-order valence-electron chi connectivity index (χ0n) is 15.7. The Bertz CT molecular complexity index is 872. The van der Waals surface area contributed by atoms with Crippen LogP contribution in [-0.4, -0.2) is 32.1 Å². The molecule has 0 spiro atoms. The number of carbonyl (C=O) groups excluding carboxylic acids is 2. The fraction of sp³-hybridized carbons (Fsp3) is 0.429. The Hall–Kier alpha value is -2.18. The molecule has 1 aliphatic carbocycles. The van der Waals surface area contributed by atoms with Crippen molar-refractivity contribution in [2.45, 2.75) is 32.2 Å². The topological polar surface area (TPSA) is 59.8 Å². The van der Waals surface area contributed by atoms with Crippen LogP contribution in [0.15, 0.2) is 29.6 Å². The van der Waals surface area contributed by atoms with E-state index in [4.69, 9.17) is 4.74 Å². The first-order valence-corrected chi connectivity index (χ1v) is 10.3. The zero-order chi connectivity index (χ0) is 19.0. The van der Waals surface area contributed by atoms with Gasteiger partial charge in [-0.1, -0.05) is 6.07 Å². The van der Waals surface area contributed by atoms with Crippen molar-refractivity contribution in [2.24, 2.45) is 5.92 Å². The molecule has 1 saturated carbocycles. The molecule has 142 valence electrons. The van der Waals surface area contributed by atoms with Gasteiger partial charge in [0, 0.05) is 28.5 Å². The van der Waals surface area contributed by atoms with Crippen LogP contribution in [0, 0.1) is 12.8 Å². The third-order valence-electron chi connectivity index (χ3n) is 5.64. The number of quaternary nitrogens is 1. The average Bonchev–Trinajstić information content (AvgIpc) is 3.38. The number of amides is 1. The minimum absolute atomic E-state index is 0.000514. The molecule has 1 amide bonds. The lowest BCUT2D eigenvalue weighted by Gasteiger charge is -2.32. The maximum absolute atomic E-state index is 12.8. The lowest BCUT2D eigenvalue weighted by molar-refractivity contribution is -0.928. The minimum Gasteiger partial charge on any atom is -0.465 e. The second-order valence-corrected chi connectivity index (χ2v) is 8.52. The highest BCUT2D eigenvalue weighted by Crippen LogP contribution is 2.42. The van der Waals surface area contributed by atoms with Crippen molar-refractivity contribution in [2.75, 3.05) is 25.5 Å². The van der Waals surface area contributed by atoms with Crippen LogP contribution in [0.3, 0.4) is 0 Å². The molecule has 1 fully saturated rings. The largest absolute Gasteiger partial charge is 0.465 e. The molecule has 4 rings (SSSR count). The number of thiophene rings is 1. The number of benzene rings is 1. The normalized spacial score (nSPS) is 21.4. The molecular formula is C21H25N2O3S+. The summed E-state index contributed by atoms with van der Waals surface area (Å²) >= 11 is 1.85. The summed E-state index contributed by atoms with van der Waals surface area (Å²) in [6, 6.07) is 7.95. The average molecular weight is 386 g/mol. The molecule has 2 aromatic rings. The molecule has 0 saturated heterocycles. The second kappa shape index (κ2) is 7.44. The van der Waals surface area contributed by atoms with Gasteiger partial charge in [-0.15, -0.1) is 11.3 Å². The molecule has 27 heavy (non-hydrogen) atoms. The standard InChI is InChI=1S/C21H24N2O3S/c1-13-3-4-15(21(25)26-2)11-17(13)22-19(24)12-23-9-7-18-16(8-10-27-18)20(23)14-5-6-14/h3-4,8,10-11,14,20H,5-7,9,12H2,1-2H3,(H,22,24)/p+1/t20-/m0/s1. The van der Waals surface area contributed by atoms with Crippen LogP contribution in [0.5, 0.6) is 0 Å². The van der Waals surface area contributed by atoms with E-state index < -0.39 is 5.97 Å². The predicted octanol–water partition coefficient (Wildman–Crippen LogP) is 2.37. The lowest BCUT2D eigenvalue weighted by atomic mass is 9.96. The van der Waals surface area contributed by atoms with Crippen LogP contribution in [0.1, 0.15) is 45.2 Å². The highest BCUT2D eigenvalue weighted by Gasteiger charge is 2.43. The van der Waals surface area contributed by atoms with E-state index in [1.54, 1.807) is 12.1 Å². The second-order valence-electron chi connectivity index (χ2n) is 7.52. The Morgan fingerprint density at radius 3 is 2.85 bits per heavy atom. The van der Waals surface area contributed by atoms with Gasteiger partial charge in [0.1, 0.15) is 6.04 Å². The van der Waals surface area contributed by atoms with Gasteiger partial charge in [0.2, 0.25) is 0 Å². The number of esters is 1. The molecule has 1 aromatic carbocycles. The van der Waals surface area contributed by atoms with Gasteiger partial charge in [0.25, 0.3) is 5.91 Å². The molecule has 1 aromatic heterocycles. The highest BCUT2D eigenvalue weighted by atomic mass is 32.1. The van der Waals surface area contributed by atoms with Gasteiger partial charge in [-0.2, -0.15) is 0 Å². The van der Waals surface area contributed by atoms with Crippen LogP contribution < -0.4 is 10.2 Å². The van der Waals surface area contributed by atoms with Crippen molar-refractivity contribution in [3.8, 4) is 0 Å². The smallest absolute Gasteiger partial charge is 0.337 e. The molecule has 2 heterocycles. The van der Waals surface area contributed by atoms with Gasteiger partial charge >= 0.3 is 5.97 Å². The number of rotatable bonds is 5. The zero-order valence-corrected chi connectivity index (χ0v) is 16.5. The molecule has 2 N–H and O–H groups in total. The first-order chi connectivity index (χ1) is 13.1. The Labute approximate surface area is 163 Å². The number of methoxy groups -OCH3 is 1. The Kier molecular flexibility index (Phi) is 5.02. The quantitative estimate of drug-likeness (QED) is 0.777. The van der Waals surface area contributed by atoms with Gasteiger partial charge < -0.3 is 15.0 Å². The first kappa shape index (κ1) is 18.2. The van der Waals surface area contributed by atoms with Crippen molar-refractivity contribution < 1.29 is 19.2 Å². The molecule has 1 unspecified atom stereocenters. The van der Waals surface area contributed by atoms with Crippen LogP contribution in [0.4, 0.5) is 5.69 Å². The fourth-order valence-electron chi connectivity index (χ4n) is 4.10. The van der Waals surface area contributed by atoms with Gasteiger partial charge in [0.05, 0.1) is 19.2 Å². The number of nitrogens with one attached hydrogen (secondary N) is 2. The van der Waals surface area contributed by atoms with Crippen LogP contribution in [0.25, 0.3) is 0 Å². The van der Waals surface area contributed by atoms with E-state index >= 15 is 0 Å². The van der Waals surface area contributed by atoms with Gasteiger partial charge in [0.15, 0.2) is 6.54 Å². The summed E-state index contributed by atoms with van der Waals surface area (Å²) in [6.07, 6.45) is 3.59. The maximum atomic E-state index is 12.8. The summed E-state index contributed by atoms with van der Waals surface area (Å²) in [4.78, 5) is 27.4. The number of hydrogen-bond acceptors (Lipinski definition) is 4. The first-order valence-electron chi connectivity index (χ1n) is 9.46. The summed E-state index contributed by atoms with van der Waals surface area (Å²) in [5.41, 5.74) is 3.52. The molecule has 1 aliphatic heterocycles. The summed E-state index contributed by atoms with van der Waals surface area (Å²) in [6.45, 7) is 3.39. The molecule has 6 heteroatoms. The van der Waals surface area contributed by atoms with E-state index in [0.717, 1.165) is 18.5 Å². The van der Waals surface area contributed by atoms with Gasteiger partial charge in [-0.05, 0) is 48.9 Å².